The van der Waals surface area contributed by atoms with Gasteiger partial charge in [-0.1, -0.05) is 43.7 Å². The summed E-state index contributed by atoms with van der Waals surface area (Å²) in [5, 5.41) is 2.91. The Kier molecular flexibility index (Phi) is 6.32. The van der Waals surface area contributed by atoms with Gasteiger partial charge in [0.15, 0.2) is 6.10 Å². The van der Waals surface area contributed by atoms with Gasteiger partial charge in [0, 0.05) is 16.5 Å². The maximum Gasteiger partial charge on any atom is 0.326 e. The van der Waals surface area contributed by atoms with Gasteiger partial charge in [0.05, 0.1) is 18.0 Å². The van der Waals surface area contributed by atoms with Crippen LogP contribution in [0.4, 0.5) is 5.69 Å². The van der Waals surface area contributed by atoms with Crippen molar-refractivity contribution in [2.24, 2.45) is 0 Å². The average Bonchev–Trinajstić information content (AvgIpc) is 3.28. The van der Waals surface area contributed by atoms with Crippen LogP contribution < -0.4 is 9.64 Å². The van der Waals surface area contributed by atoms with E-state index in [9.17, 15) is 9.59 Å². The molecule has 1 aliphatic heterocycles. The first-order valence-electron chi connectivity index (χ1n) is 10.4. The number of anilines is 1. The van der Waals surface area contributed by atoms with Crippen LogP contribution in [0.5, 0.6) is 5.75 Å². The van der Waals surface area contributed by atoms with E-state index in [0.717, 1.165) is 34.7 Å². The van der Waals surface area contributed by atoms with E-state index in [1.54, 1.807) is 18.3 Å². The van der Waals surface area contributed by atoms with Crippen LogP contribution in [-0.2, 0) is 14.3 Å². The van der Waals surface area contributed by atoms with Gasteiger partial charge in [0.2, 0.25) is 0 Å². The highest BCUT2D eigenvalue weighted by Crippen LogP contribution is 2.38. The molecule has 0 radical (unpaired) electrons. The van der Waals surface area contributed by atoms with Gasteiger partial charge in [0.1, 0.15) is 17.3 Å². The first kappa shape index (κ1) is 21.1. The number of rotatable bonds is 7. The van der Waals surface area contributed by atoms with Gasteiger partial charge < -0.3 is 9.47 Å². The van der Waals surface area contributed by atoms with Gasteiger partial charge in [-0.3, -0.25) is 14.5 Å². The van der Waals surface area contributed by atoms with E-state index in [0.29, 0.717) is 18.0 Å². The number of esters is 1. The zero-order valence-electron chi connectivity index (χ0n) is 17.5. The molecule has 0 fully saturated rings. The molecule has 1 amide bonds. The van der Waals surface area contributed by atoms with Crippen molar-refractivity contribution in [3.05, 3.63) is 53.9 Å². The summed E-state index contributed by atoms with van der Waals surface area (Å²) in [7, 11) is 0. The molecule has 0 bridgehead atoms. The molecule has 4 rings (SSSR count). The van der Waals surface area contributed by atoms with E-state index < -0.39 is 12.1 Å². The lowest BCUT2D eigenvalue weighted by atomic mass is 10.1. The fourth-order valence-corrected chi connectivity index (χ4v) is 4.19. The maximum atomic E-state index is 12.8. The fourth-order valence-electron chi connectivity index (χ4n) is 3.35. The molecule has 6 nitrogen and oxygen atoms in total. The molecule has 0 spiro atoms. The number of carbonyl (C=O) groups excluding carboxylic acids is 2. The molecule has 0 saturated carbocycles. The number of benzene rings is 2. The van der Waals surface area contributed by atoms with Gasteiger partial charge in [-0.25, -0.2) is 4.98 Å². The summed E-state index contributed by atoms with van der Waals surface area (Å²) >= 11 is 1.56. The molecule has 1 atom stereocenters. The predicted molar refractivity (Wildman–Crippen MR) is 121 cm³/mol. The molecule has 31 heavy (non-hydrogen) atoms. The minimum Gasteiger partial charge on any atom is -0.479 e. The predicted octanol–water partition coefficient (Wildman–Crippen LogP) is 4.93. The molecular formula is C24H24N2O4S. The van der Waals surface area contributed by atoms with Crippen molar-refractivity contribution in [1.29, 1.82) is 0 Å². The lowest BCUT2D eigenvalue weighted by Crippen LogP contribution is -2.47. The van der Waals surface area contributed by atoms with Crippen molar-refractivity contribution in [2.75, 3.05) is 18.1 Å². The van der Waals surface area contributed by atoms with Crippen molar-refractivity contribution in [2.45, 2.75) is 32.8 Å². The fraction of sp³-hybridized carbons (Fsp3) is 0.292. The number of amides is 1. The van der Waals surface area contributed by atoms with E-state index in [4.69, 9.17) is 14.5 Å². The molecule has 0 saturated heterocycles. The van der Waals surface area contributed by atoms with Gasteiger partial charge in [-0.15, -0.1) is 11.3 Å². The Morgan fingerprint density at radius 2 is 2.00 bits per heavy atom. The number of ether oxygens (including phenoxy) is 2. The van der Waals surface area contributed by atoms with Crippen molar-refractivity contribution >= 4 is 28.9 Å². The first-order chi connectivity index (χ1) is 15.1. The smallest absolute Gasteiger partial charge is 0.326 e. The van der Waals surface area contributed by atoms with Crippen molar-refractivity contribution in [1.82, 2.24) is 4.98 Å². The van der Waals surface area contributed by atoms with Crippen LogP contribution >= 0.6 is 11.3 Å². The number of fused-ring (bicyclic) bond motifs is 1. The van der Waals surface area contributed by atoms with Crippen LogP contribution in [-0.4, -0.2) is 36.1 Å². The highest BCUT2D eigenvalue weighted by atomic mass is 32.1. The molecule has 1 aliphatic rings. The van der Waals surface area contributed by atoms with Crippen LogP contribution in [0.3, 0.4) is 0 Å². The molecule has 0 aliphatic carbocycles. The lowest BCUT2D eigenvalue weighted by molar-refractivity contribution is -0.143. The molecule has 2 aromatic carbocycles. The lowest BCUT2D eigenvalue weighted by Gasteiger charge is -2.32. The summed E-state index contributed by atoms with van der Waals surface area (Å²) < 4.78 is 11.0. The minimum absolute atomic E-state index is 0.140. The largest absolute Gasteiger partial charge is 0.479 e. The van der Waals surface area contributed by atoms with Crippen molar-refractivity contribution in [3.63, 3.8) is 0 Å². The number of thiazole rings is 1. The highest BCUT2D eigenvalue weighted by Gasteiger charge is 2.33. The number of hydrogen-bond acceptors (Lipinski definition) is 6. The molecule has 160 valence electrons. The van der Waals surface area contributed by atoms with Gasteiger partial charge in [-0.2, -0.15) is 0 Å². The van der Waals surface area contributed by atoms with E-state index >= 15 is 0 Å². The maximum absolute atomic E-state index is 12.8. The summed E-state index contributed by atoms with van der Waals surface area (Å²) in [5.74, 6) is -0.122. The van der Waals surface area contributed by atoms with Gasteiger partial charge in [-0.05, 0) is 31.5 Å². The standard InChI is InChI=1S/C24H24N2O4S/c1-3-4-12-29-22(27)14-26-20-13-18(10-11-21(20)30-16(2)24(26)28)19-15-31-23(25-19)17-8-6-5-7-9-17/h5-11,13,15-16H,3-4,12,14H2,1-2H3. The quantitative estimate of drug-likeness (QED) is 0.388. The second-order valence-electron chi connectivity index (χ2n) is 7.34. The third-order valence-electron chi connectivity index (χ3n) is 5.04. The molecule has 7 heteroatoms. The first-order valence-corrected chi connectivity index (χ1v) is 11.2. The Labute approximate surface area is 185 Å². The third-order valence-corrected chi connectivity index (χ3v) is 5.93. The van der Waals surface area contributed by atoms with Crippen LogP contribution in [0.25, 0.3) is 21.8 Å². The normalized spacial score (nSPS) is 15.4. The molecular weight excluding hydrogens is 412 g/mol. The SMILES string of the molecule is CCCCOC(=O)CN1C(=O)C(C)Oc2ccc(-c3csc(-c4ccccc4)n3)cc21. The summed E-state index contributed by atoms with van der Waals surface area (Å²) in [6.45, 7) is 3.93. The second-order valence-corrected chi connectivity index (χ2v) is 8.20. The zero-order chi connectivity index (χ0) is 21.8. The summed E-state index contributed by atoms with van der Waals surface area (Å²) in [6.07, 6.45) is 1.07. The van der Waals surface area contributed by atoms with Crippen LogP contribution in [0.15, 0.2) is 53.9 Å². The molecule has 1 aromatic heterocycles. The Bertz CT molecular complexity index is 1080. The zero-order valence-corrected chi connectivity index (χ0v) is 18.4. The van der Waals surface area contributed by atoms with Crippen molar-refractivity contribution in [3.8, 4) is 27.6 Å². The Hall–Kier alpha value is -3.19. The number of carbonyl (C=O) groups is 2. The van der Waals surface area contributed by atoms with Crippen molar-refractivity contribution < 1.29 is 19.1 Å². The van der Waals surface area contributed by atoms with Gasteiger partial charge >= 0.3 is 5.97 Å². The van der Waals surface area contributed by atoms with Crippen LogP contribution in [0, 0.1) is 0 Å². The number of nitrogens with zero attached hydrogens (tertiary/aromatic N) is 2. The Morgan fingerprint density at radius 3 is 2.77 bits per heavy atom. The van der Waals surface area contributed by atoms with Crippen LogP contribution in [0.1, 0.15) is 26.7 Å². The van der Waals surface area contributed by atoms with Crippen LogP contribution in [0.2, 0.25) is 0 Å². The van der Waals surface area contributed by atoms with E-state index in [-0.39, 0.29) is 12.5 Å². The molecule has 0 N–H and O–H groups in total. The average molecular weight is 437 g/mol. The highest BCUT2D eigenvalue weighted by molar-refractivity contribution is 7.13. The second kappa shape index (κ2) is 9.31. The third kappa shape index (κ3) is 4.61. The molecule has 1 unspecified atom stereocenters. The van der Waals surface area contributed by atoms with Gasteiger partial charge in [0.25, 0.3) is 5.91 Å². The Morgan fingerprint density at radius 1 is 1.19 bits per heavy atom. The molecule has 3 aromatic rings. The minimum atomic E-state index is -0.661. The number of unbranched alkanes of at least 4 members (excludes halogenated alkanes) is 1. The number of aromatic nitrogens is 1. The monoisotopic (exact) mass is 436 g/mol. The van der Waals surface area contributed by atoms with E-state index in [1.807, 2.05) is 60.8 Å². The summed E-state index contributed by atoms with van der Waals surface area (Å²) in [4.78, 5) is 31.3. The van der Waals surface area contributed by atoms with E-state index in [2.05, 4.69) is 0 Å². The topological polar surface area (TPSA) is 68.7 Å². The summed E-state index contributed by atoms with van der Waals surface area (Å²) in [5.41, 5.74) is 3.28. The number of hydrogen-bond donors (Lipinski definition) is 0. The Balaban J connectivity index is 1.61. The molecule has 2 heterocycles. The summed E-state index contributed by atoms with van der Waals surface area (Å²) in [6, 6.07) is 15.6. The van der Waals surface area contributed by atoms with E-state index in [1.165, 1.54) is 4.90 Å².